The third-order valence-corrected chi connectivity index (χ3v) is 7.08. The van der Waals surface area contributed by atoms with E-state index in [9.17, 15) is 27.6 Å². The topological polar surface area (TPSA) is 148 Å². The molecule has 5 N–H and O–H groups in total. The first-order valence-corrected chi connectivity index (χ1v) is 15.2. The normalized spacial score (nSPS) is 11.2. The molecule has 0 bridgehead atoms. The Balaban J connectivity index is 1.15. The number of allylic oxidation sites excluding steroid dienone is 1. The standard InChI is InChI=1S/C34H32ClF3N6O4/c35-29-14-10-24(19-28(29)34(36,37)38)44-33(47)43-23-8-12-26(13-9-23)48-27-16-18-40-30(20-27)32(46)41-17-4-2-1-3-5-25(45)11-6-22-7-15-31(39)42-21-22/h6-16,18-21H,1-5,17H2,(H2,39,42)(H,41,46)(H2,43,44,47)/b11-6+. The Labute approximate surface area is 279 Å². The molecule has 0 unspecified atom stereocenters. The quantitative estimate of drug-likeness (QED) is 0.0776. The molecule has 0 aliphatic carbocycles. The first-order valence-electron chi connectivity index (χ1n) is 14.9. The first kappa shape index (κ1) is 35.4. The molecule has 2 aromatic carbocycles. The number of nitrogen functional groups attached to an aromatic ring is 1. The lowest BCUT2D eigenvalue weighted by Crippen LogP contribution is -2.25. The number of anilines is 3. The van der Waals surface area contributed by atoms with Crippen LogP contribution in [0.25, 0.3) is 6.08 Å². The van der Waals surface area contributed by atoms with Crippen LogP contribution in [0.2, 0.25) is 5.02 Å². The van der Waals surface area contributed by atoms with Crippen LogP contribution < -0.4 is 26.4 Å². The molecule has 14 heteroatoms. The molecule has 0 aliphatic rings. The SMILES string of the molecule is Nc1ccc(/C=C/C(=O)CCCCCCNC(=O)c2cc(Oc3ccc(NC(=O)Nc4ccc(Cl)c(C(F)(F)F)c4)cc3)ccn2)cn1. The summed E-state index contributed by atoms with van der Waals surface area (Å²) in [5.74, 6) is 0.870. The number of nitrogens with zero attached hydrogens (tertiary/aromatic N) is 2. The fraction of sp³-hybridized carbons (Fsp3) is 0.206. The number of ketones is 1. The number of hydrogen-bond donors (Lipinski definition) is 4. The van der Waals surface area contributed by atoms with Gasteiger partial charge in [-0.2, -0.15) is 13.2 Å². The molecule has 3 amide bonds. The number of rotatable bonds is 14. The zero-order valence-electron chi connectivity index (χ0n) is 25.5. The van der Waals surface area contributed by atoms with Gasteiger partial charge in [-0.25, -0.2) is 9.78 Å². The lowest BCUT2D eigenvalue weighted by Gasteiger charge is -2.12. The second kappa shape index (κ2) is 16.9. The minimum Gasteiger partial charge on any atom is -0.457 e. The summed E-state index contributed by atoms with van der Waals surface area (Å²) in [6.07, 6.45) is 5.27. The van der Waals surface area contributed by atoms with Crippen LogP contribution in [0.5, 0.6) is 11.5 Å². The number of nitrogens with one attached hydrogen (secondary N) is 3. The Kier molecular flexibility index (Phi) is 12.5. The molecule has 0 aliphatic heterocycles. The van der Waals surface area contributed by atoms with Gasteiger partial charge in [0.1, 0.15) is 23.0 Å². The number of nitrogens with two attached hydrogens (primary N) is 1. The fourth-order valence-corrected chi connectivity index (χ4v) is 4.54. The minimum absolute atomic E-state index is 0.0344. The van der Waals surface area contributed by atoms with Crippen LogP contribution in [0.15, 0.2) is 85.2 Å². The predicted octanol–water partition coefficient (Wildman–Crippen LogP) is 8.13. The summed E-state index contributed by atoms with van der Waals surface area (Å²) < 4.78 is 45.1. The van der Waals surface area contributed by atoms with Crippen LogP contribution in [0.4, 0.5) is 35.2 Å². The highest BCUT2D eigenvalue weighted by Crippen LogP contribution is 2.36. The lowest BCUT2D eigenvalue weighted by molar-refractivity contribution is -0.137. The molecule has 4 rings (SSSR count). The Morgan fingerprint density at radius 3 is 2.31 bits per heavy atom. The van der Waals surface area contributed by atoms with Gasteiger partial charge in [0.25, 0.3) is 5.91 Å². The van der Waals surface area contributed by atoms with Gasteiger partial charge in [0.2, 0.25) is 0 Å². The molecule has 4 aromatic rings. The van der Waals surface area contributed by atoms with E-state index in [-0.39, 0.29) is 23.1 Å². The van der Waals surface area contributed by atoms with E-state index >= 15 is 0 Å². The number of ether oxygens (including phenoxy) is 1. The highest BCUT2D eigenvalue weighted by molar-refractivity contribution is 6.31. The zero-order valence-corrected chi connectivity index (χ0v) is 26.3. The number of pyridine rings is 2. The molecule has 0 saturated heterocycles. The summed E-state index contributed by atoms with van der Waals surface area (Å²) in [5.41, 5.74) is 5.75. The van der Waals surface area contributed by atoms with Crippen LogP contribution in [-0.4, -0.2) is 34.2 Å². The van der Waals surface area contributed by atoms with Gasteiger partial charge in [0.05, 0.1) is 10.6 Å². The molecular weight excluding hydrogens is 649 g/mol. The van der Waals surface area contributed by atoms with Crippen LogP contribution in [0, 0.1) is 0 Å². The van der Waals surface area contributed by atoms with Gasteiger partial charge < -0.3 is 26.4 Å². The maximum absolute atomic E-state index is 13.1. The number of carbonyl (C=O) groups excluding carboxylic acids is 3. The number of urea groups is 1. The second-order valence-electron chi connectivity index (χ2n) is 10.5. The van der Waals surface area contributed by atoms with E-state index in [1.807, 2.05) is 0 Å². The van der Waals surface area contributed by atoms with Crippen molar-refractivity contribution in [2.75, 3.05) is 22.9 Å². The van der Waals surface area contributed by atoms with Gasteiger partial charge in [0.15, 0.2) is 5.78 Å². The molecule has 0 radical (unpaired) electrons. The van der Waals surface area contributed by atoms with Gasteiger partial charge in [-0.1, -0.05) is 24.4 Å². The number of alkyl halides is 3. The molecule has 48 heavy (non-hydrogen) atoms. The summed E-state index contributed by atoms with van der Waals surface area (Å²) in [6.45, 7) is 0.452. The summed E-state index contributed by atoms with van der Waals surface area (Å²) in [7, 11) is 0. The monoisotopic (exact) mass is 680 g/mol. The van der Waals surface area contributed by atoms with Crippen LogP contribution in [0.1, 0.15) is 53.7 Å². The predicted molar refractivity (Wildman–Crippen MR) is 178 cm³/mol. The summed E-state index contributed by atoms with van der Waals surface area (Å²) in [6, 6.07) is 15.1. The van der Waals surface area contributed by atoms with E-state index < -0.39 is 22.8 Å². The average Bonchev–Trinajstić information content (AvgIpc) is 3.05. The first-order chi connectivity index (χ1) is 23.0. The highest BCUT2D eigenvalue weighted by atomic mass is 35.5. The van der Waals surface area contributed by atoms with Crippen LogP contribution >= 0.6 is 11.6 Å². The largest absolute Gasteiger partial charge is 0.457 e. The van der Waals surface area contributed by atoms with Crippen molar-refractivity contribution in [3.05, 3.63) is 107 Å². The van der Waals surface area contributed by atoms with Crippen molar-refractivity contribution in [1.82, 2.24) is 15.3 Å². The number of amides is 3. The average molecular weight is 681 g/mol. The summed E-state index contributed by atoms with van der Waals surface area (Å²) >= 11 is 5.62. The van der Waals surface area contributed by atoms with E-state index in [1.54, 1.807) is 60.8 Å². The van der Waals surface area contributed by atoms with Crippen LogP contribution in [-0.2, 0) is 11.0 Å². The molecular formula is C34H32ClF3N6O4. The Bertz CT molecular complexity index is 1750. The van der Waals surface area contributed by atoms with E-state index in [0.29, 0.717) is 36.0 Å². The van der Waals surface area contributed by atoms with Gasteiger partial charge in [-0.05, 0) is 91.2 Å². The summed E-state index contributed by atoms with van der Waals surface area (Å²) in [5, 5.41) is 7.22. The molecule has 2 heterocycles. The van der Waals surface area contributed by atoms with Crippen molar-refractivity contribution in [2.45, 2.75) is 38.3 Å². The molecule has 0 saturated carbocycles. The number of benzene rings is 2. The van der Waals surface area contributed by atoms with Crippen molar-refractivity contribution in [3.8, 4) is 11.5 Å². The van der Waals surface area contributed by atoms with Crippen molar-refractivity contribution >= 4 is 52.6 Å². The molecule has 0 fully saturated rings. The molecule has 0 spiro atoms. The number of aromatic nitrogens is 2. The maximum Gasteiger partial charge on any atom is 0.417 e. The number of hydrogen-bond acceptors (Lipinski definition) is 7. The third kappa shape index (κ3) is 11.4. The molecule has 10 nitrogen and oxygen atoms in total. The van der Waals surface area contributed by atoms with Crippen molar-refractivity contribution in [3.63, 3.8) is 0 Å². The highest BCUT2D eigenvalue weighted by Gasteiger charge is 2.33. The number of unbranched alkanes of at least 4 members (excludes halogenated alkanes) is 3. The maximum atomic E-state index is 13.1. The van der Waals surface area contributed by atoms with Gasteiger partial charge in [0, 0.05) is 42.8 Å². The van der Waals surface area contributed by atoms with Gasteiger partial charge >= 0.3 is 12.2 Å². The number of halogens is 4. The van der Waals surface area contributed by atoms with E-state index in [1.165, 1.54) is 18.3 Å². The summed E-state index contributed by atoms with van der Waals surface area (Å²) in [4.78, 5) is 45.1. The number of carbonyl (C=O) groups is 3. The smallest absolute Gasteiger partial charge is 0.417 e. The third-order valence-electron chi connectivity index (χ3n) is 6.75. The molecule has 0 atom stereocenters. The minimum atomic E-state index is -4.66. The van der Waals surface area contributed by atoms with Crippen molar-refractivity contribution in [2.24, 2.45) is 0 Å². The van der Waals surface area contributed by atoms with E-state index in [0.717, 1.165) is 43.4 Å². The van der Waals surface area contributed by atoms with E-state index in [2.05, 4.69) is 25.9 Å². The van der Waals surface area contributed by atoms with E-state index in [4.69, 9.17) is 22.1 Å². The zero-order chi connectivity index (χ0) is 34.5. The second-order valence-corrected chi connectivity index (χ2v) is 10.9. The Morgan fingerprint density at radius 2 is 1.58 bits per heavy atom. The Morgan fingerprint density at radius 1 is 0.854 bits per heavy atom. The van der Waals surface area contributed by atoms with Crippen molar-refractivity contribution in [1.29, 1.82) is 0 Å². The fourth-order valence-electron chi connectivity index (χ4n) is 4.31. The Hall–Kier alpha value is -5.43. The molecule has 2 aromatic heterocycles. The lowest BCUT2D eigenvalue weighted by atomic mass is 10.1. The van der Waals surface area contributed by atoms with Crippen molar-refractivity contribution < 1.29 is 32.3 Å². The van der Waals surface area contributed by atoms with Gasteiger partial charge in [-0.3, -0.25) is 14.6 Å². The van der Waals surface area contributed by atoms with Gasteiger partial charge in [-0.15, -0.1) is 0 Å². The van der Waals surface area contributed by atoms with Crippen LogP contribution in [0.3, 0.4) is 0 Å². The molecule has 250 valence electrons.